The highest BCUT2D eigenvalue weighted by Crippen LogP contribution is 2.06. The van der Waals surface area contributed by atoms with Crippen LogP contribution in [0.2, 0.25) is 0 Å². The van der Waals surface area contributed by atoms with E-state index in [0.29, 0.717) is 6.42 Å². The maximum Gasteiger partial charge on any atom is 0.408 e. The summed E-state index contributed by atoms with van der Waals surface area (Å²) in [5.74, 6) is -1.03. The molecule has 0 aromatic rings. The summed E-state index contributed by atoms with van der Waals surface area (Å²) in [5, 5.41) is 11.2. The minimum atomic E-state index is -1.03. The maximum absolute atomic E-state index is 11.2. The van der Waals surface area contributed by atoms with Crippen molar-refractivity contribution in [3.8, 4) is 0 Å². The van der Waals surface area contributed by atoms with Crippen molar-refractivity contribution in [3.63, 3.8) is 0 Å². The minimum absolute atomic E-state index is 0.0774. The highest BCUT2D eigenvalue weighted by atomic mass is 16.5. The summed E-state index contributed by atoms with van der Waals surface area (Å²) in [4.78, 5) is 22.0. The molecule has 0 spiro atoms. The molecule has 0 unspecified atom stereocenters. The Labute approximate surface area is 102 Å². The van der Waals surface area contributed by atoms with Crippen LogP contribution in [0.25, 0.3) is 0 Å². The Kier molecular flexibility index (Phi) is 8.82. The predicted octanol–water partition coefficient (Wildman–Crippen LogP) is 2.32. The third kappa shape index (κ3) is 8.30. The van der Waals surface area contributed by atoms with Crippen LogP contribution < -0.4 is 5.32 Å². The highest BCUT2D eigenvalue weighted by Gasteiger charge is 2.19. The molecule has 1 atom stereocenters. The summed E-state index contributed by atoms with van der Waals surface area (Å²) in [7, 11) is 0. The van der Waals surface area contributed by atoms with E-state index in [1.807, 2.05) is 0 Å². The molecule has 0 rings (SSSR count). The smallest absolute Gasteiger partial charge is 0.408 e. The topological polar surface area (TPSA) is 75.6 Å². The molecule has 0 aromatic carbocycles. The lowest BCUT2D eigenvalue weighted by atomic mass is 10.1. The summed E-state index contributed by atoms with van der Waals surface area (Å²) in [6, 6.07) is -0.871. The van der Waals surface area contributed by atoms with Gasteiger partial charge in [-0.2, -0.15) is 0 Å². The average Bonchev–Trinajstić information content (AvgIpc) is 2.30. The fourth-order valence-corrected chi connectivity index (χ4v) is 1.35. The van der Waals surface area contributed by atoms with E-state index in [4.69, 9.17) is 5.11 Å². The lowest BCUT2D eigenvalue weighted by Crippen LogP contribution is -2.41. The van der Waals surface area contributed by atoms with E-state index in [1.165, 1.54) is 6.08 Å². The third-order valence-corrected chi connectivity index (χ3v) is 2.27. The second-order valence-electron chi connectivity index (χ2n) is 3.77. The molecule has 0 heterocycles. The van der Waals surface area contributed by atoms with Crippen LogP contribution in [0.5, 0.6) is 0 Å². The van der Waals surface area contributed by atoms with Gasteiger partial charge in [0, 0.05) is 0 Å². The van der Waals surface area contributed by atoms with Gasteiger partial charge < -0.3 is 15.2 Å². The second kappa shape index (κ2) is 9.69. The van der Waals surface area contributed by atoms with Gasteiger partial charge in [0.1, 0.15) is 12.6 Å². The quantitative estimate of drug-likeness (QED) is 0.481. The number of aliphatic carboxylic acids is 1. The van der Waals surface area contributed by atoms with E-state index in [2.05, 4.69) is 23.6 Å². The zero-order chi connectivity index (χ0) is 13.1. The first-order valence-electron chi connectivity index (χ1n) is 5.88. The average molecular weight is 243 g/mol. The van der Waals surface area contributed by atoms with Crippen LogP contribution in [0.15, 0.2) is 12.7 Å². The first-order chi connectivity index (χ1) is 8.11. The lowest BCUT2D eigenvalue weighted by Gasteiger charge is -2.13. The van der Waals surface area contributed by atoms with Gasteiger partial charge in [-0.1, -0.05) is 45.3 Å². The Morgan fingerprint density at radius 1 is 1.41 bits per heavy atom. The molecule has 0 aliphatic heterocycles. The van der Waals surface area contributed by atoms with Gasteiger partial charge in [0.15, 0.2) is 0 Å². The van der Waals surface area contributed by atoms with E-state index < -0.39 is 18.1 Å². The summed E-state index contributed by atoms with van der Waals surface area (Å²) >= 11 is 0. The number of unbranched alkanes of at least 4 members (excludes halogenated alkanes) is 3. The number of nitrogens with one attached hydrogen (secondary N) is 1. The molecule has 17 heavy (non-hydrogen) atoms. The monoisotopic (exact) mass is 243 g/mol. The van der Waals surface area contributed by atoms with Crippen LogP contribution in [0.1, 0.15) is 39.0 Å². The number of rotatable bonds is 9. The summed E-state index contributed by atoms with van der Waals surface area (Å²) in [5.41, 5.74) is 0. The molecule has 98 valence electrons. The van der Waals surface area contributed by atoms with Crippen LogP contribution >= 0.6 is 0 Å². The molecule has 0 fully saturated rings. The Bertz CT molecular complexity index is 253. The second-order valence-corrected chi connectivity index (χ2v) is 3.77. The highest BCUT2D eigenvalue weighted by molar-refractivity contribution is 5.79. The van der Waals surface area contributed by atoms with Gasteiger partial charge in [0.2, 0.25) is 0 Å². The zero-order valence-corrected chi connectivity index (χ0v) is 10.3. The number of ether oxygens (including phenoxy) is 1. The van der Waals surface area contributed by atoms with Crippen molar-refractivity contribution < 1.29 is 19.4 Å². The number of carboxylic acid groups (broad SMARTS) is 1. The Morgan fingerprint density at radius 3 is 2.65 bits per heavy atom. The Hall–Kier alpha value is -1.52. The summed E-state index contributed by atoms with van der Waals surface area (Å²) < 4.78 is 4.67. The van der Waals surface area contributed by atoms with Gasteiger partial charge in [0.05, 0.1) is 0 Å². The van der Waals surface area contributed by atoms with E-state index in [0.717, 1.165) is 25.7 Å². The summed E-state index contributed by atoms with van der Waals surface area (Å²) in [6.45, 7) is 5.56. The van der Waals surface area contributed by atoms with E-state index >= 15 is 0 Å². The fourth-order valence-electron chi connectivity index (χ4n) is 1.35. The number of amides is 1. The molecule has 5 nitrogen and oxygen atoms in total. The fraction of sp³-hybridized carbons (Fsp3) is 0.667. The molecule has 0 aromatic heterocycles. The van der Waals surface area contributed by atoms with Crippen molar-refractivity contribution in [1.29, 1.82) is 0 Å². The predicted molar refractivity (Wildman–Crippen MR) is 64.9 cm³/mol. The molecule has 2 N–H and O–H groups in total. The molecular weight excluding hydrogens is 222 g/mol. The number of carbonyl (C=O) groups is 2. The first kappa shape index (κ1) is 15.5. The normalized spacial score (nSPS) is 11.6. The molecular formula is C12H21NO4. The van der Waals surface area contributed by atoms with Crippen molar-refractivity contribution in [1.82, 2.24) is 5.32 Å². The van der Waals surface area contributed by atoms with Gasteiger partial charge in [0.25, 0.3) is 0 Å². The summed E-state index contributed by atoms with van der Waals surface area (Å²) in [6.07, 6.45) is 5.07. The molecule has 0 radical (unpaired) electrons. The van der Waals surface area contributed by atoms with E-state index in [9.17, 15) is 9.59 Å². The van der Waals surface area contributed by atoms with Crippen molar-refractivity contribution in [2.24, 2.45) is 0 Å². The molecule has 5 heteroatoms. The number of hydrogen-bond donors (Lipinski definition) is 2. The standard InChI is InChI=1S/C12H21NO4/c1-3-5-6-7-8-10(11(14)15)13-12(16)17-9-4-2/h4,10H,2-3,5-9H2,1H3,(H,13,16)(H,14,15)/t10-/m0/s1. The van der Waals surface area contributed by atoms with Crippen molar-refractivity contribution >= 4 is 12.1 Å². The SMILES string of the molecule is C=CCOC(=O)N[C@@H](CCCCCC)C(=O)O. The van der Waals surface area contributed by atoms with Crippen LogP contribution in [0, 0.1) is 0 Å². The van der Waals surface area contributed by atoms with Crippen LogP contribution in [-0.4, -0.2) is 29.8 Å². The number of carboxylic acids is 1. The van der Waals surface area contributed by atoms with Gasteiger partial charge in [-0.3, -0.25) is 0 Å². The van der Waals surface area contributed by atoms with Crippen molar-refractivity contribution in [2.75, 3.05) is 6.61 Å². The number of carbonyl (C=O) groups excluding carboxylic acids is 1. The zero-order valence-electron chi connectivity index (χ0n) is 10.3. The van der Waals surface area contributed by atoms with Crippen LogP contribution in [-0.2, 0) is 9.53 Å². The molecule has 0 saturated heterocycles. The molecule has 1 amide bonds. The lowest BCUT2D eigenvalue weighted by molar-refractivity contribution is -0.139. The number of hydrogen-bond acceptors (Lipinski definition) is 3. The van der Waals surface area contributed by atoms with Gasteiger partial charge in [-0.25, -0.2) is 9.59 Å². The molecule has 0 aliphatic rings. The van der Waals surface area contributed by atoms with Crippen molar-refractivity contribution in [3.05, 3.63) is 12.7 Å². The number of alkyl carbamates (subject to hydrolysis) is 1. The minimum Gasteiger partial charge on any atom is -0.480 e. The molecule has 0 aliphatic carbocycles. The van der Waals surface area contributed by atoms with Crippen LogP contribution in [0.3, 0.4) is 0 Å². The molecule has 0 bridgehead atoms. The Morgan fingerprint density at radius 2 is 2.12 bits per heavy atom. The van der Waals surface area contributed by atoms with E-state index in [1.54, 1.807) is 0 Å². The first-order valence-corrected chi connectivity index (χ1v) is 5.88. The van der Waals surface area contributed by atoms with E-state index in [-0.39, 0.29) is 6.61 Å². The van der Waals surface area contributed by atoms with Crippen molar-refractivity contribution in [2.45, 2.75) is 45.1 Å². The van der Waals surface area contributed by atoms with Gasteiger partial charge in [-0.15, -0.1) is 0 Å². The largest absolute Gasteiger partial charge is 0.480 e. The molecule has 0 saturated carbocycles. The van der Waals surface area contributed by atoms with Crippen LogP contribution in [0.4, 0.5) is 4.79 Å². The van der Waals surface area contributed by atoms with Gasteiger partial charge in [-0.05, 0) is 6.42 Å². The third-order valence-electron chi connectivity index (χ3n) is 2.27. The van der Waals surface area contributed by atoms with Gasteiger partial charge >= 0.3 is 12.1 Å². The Balaban J connectivity index is 3.93. The maximum atomic E-state index is 11.2.